The van der Waals surface area contributed by atoms with Gasteiger partial charge >= 0.3 is 0 Å². The molecule has 0 unspecified atom stereocenters. The number of phenolic OH excluding ortho intramolecular Hbond substituents is 1. The van der Waals surface area contributed by atoms with E-state index in [1.165, 1.54) is 12.1 Å². The van der Waals surface area contributed by atoms with Gasteiger partial charge in [-0.15, -0.1) is 0 Å². The Labute approximate surface area is 143 Å². The fourth-order valence-electron chi connectivity index (χ4n) is 2.24. The van der Waals surface area contributed by atoms with Crippen molar-refractivity contribution in [3.8, 4) is 5.75 Å². The minimum atomic E-state index is -0.0821. The fourth-order valence-corrected chi connectivity index (χ4v) is 2.24. The molecule has 0 saturated carbocycles. The summed E-state index contributed by atoms with van der Waals surface area (Å²) in [6.45, 7) is 1.92. The first-order valence-electron chi connectivity index (χ1n) is 7.93. The van der Waals surface area contributed by atoms with E-state index in [4.69, 9.17) is 0 Å². The second-order valence-corrected chi connectivity index (χ2v) is 6.06. The number of phenols is 1. The SMILES string of the molecule is CN(C)CCN(C)c1cccc(/C=C/C(=O)c2ccc(O)cc2)c1. The van der Waals surface area contributed by atoms with Crippen molar-refractivity contribution in [3.63, 3.8) is 0 Å². The predicted molar refractivity (Wildman–Crippen MR) is 99.7 cm³/mol. The van der Waals surface area contributed by atoms with Crippen molar-refractivity contribution >= 4 is 17.5 Å². The van der Waals surface area contributed by atoms with Crippen molar-refractivity contribution < 1.29 is 9.90 Å². The van der Waals surface area contributed by atoms with Crippen LogP contribution in [0.15, 0.2) is 54.6 Å². The number of likely N-dealkylation sites (N-methyl/N-ethyl adjacent to an activating group) is 2. The molecule has 0 aliphatic carbocycles. The molecule has 126 valence electrons. The zero-order valence-electron chi connectivity index (χ0n) is 14.4. The molecular formula is C20H24N2O2. The maximum Gasteiger partial charge on any atom is 0.185 e. The van der Waals surface area contributed by atoms with Gasteiger partial charge in [0.05, 0.1) is 0 Å². The number of allylic oxidation sites excluding steroid dienone is 1. The van der Waals surface area contributed by atoms with Crippen LogP contribution in [-0.2, 0) is 0 Å². The first kappa shape index (κ1) is 17.8. The molecule has 0 bridgehead atoms. The monoisotopic (exact) mass is 324 g/mol. The van der Waals surface area contributed by atoms with E-state index >= 15 is 0 Å². The molecule has 0 atom stereocenters. The largest absolute Gasteiger partial charge is 0.508 e. The van der Waals surface area contributed by atoms with Gasteiger partial charge in [-0.05, 0) is 62.1 Å². The van der Waals surface area contributed by atoms with E-state index in [1.54, 1.807) is 18.2 Å². The third-order valence-corrected chi connectivity index (χ3v) is 3.77. The van der Waals surface area contributed by atoms with Crippen LogP contribution < -0.4 is 4.90 Å². The lowest BCUT2D eigenvalue weighted by Gasteiger charge is -2.21. The van der Waals surface area contributed by atoms with E-state index in [-0.39, 0.29) is 11.5 Å². The van der Waals surface area contributed by atoms with Gasteiger partial charge in [0.15, 0.2) is 5.78 Å². The topological polar surface area (TPSA) is 43.8 Å². The van der Waals surface area contributed by atoms with Crippen molar-refractivity contribution in [1.82, 2.24) is 4.90 Å². The number of ketones is 1. The van der Waals surface area contributed by atoms with E-state index in [9.17, 15) is 9.90 Å². The summed E-state index contributed by atoms with van der Waals surface area (Å²) in [4.78, 5) is 16.5. The quantitative estimate of drug-likeness (QED) is 0.627. The summed E-state index contributed by atoms with van der Waals surface area (Å²) >= 11 is 0. The summed E-state index contributed by atoms with van der Waals surface area (Å²) < 4.78 is 0. The number of hydrogen-bond donors (Lipinski definition) is 1. The number of aromatic hydroxyl groups is 1. The highest BCUT2D eigenvalue weighted by Crippen LogP contribution is 2.16. The van der Waals surface area contributed by atoms with Crippen molar-refractivity contribution in [2.24, 2.45) is 0 Å². The summed E-state index contributed by atoms with van der Waals surface area (Å²) in [5, 5.41) is 9.27. The molecule has 4 nitrogen and oxygen atoms in total. The van der Waals surface area contributed by atoms with Gasteiger partial charge in [-0.25, -0.2) is 0 Å². The van der Waals surface area contributed by atoms with E-state index in [1.807, 2.05) is 18.2 Å². The van der Waals surface area contributed by atoms with Crippen LogP contribution in [0.25, 0.3) is 6.08 Å². The number of carbonyl (C=O) groups is 1. The zero-order valence-corrected chi connectivity index (χ0v) is 14.4. The lowest BCUT2D eigenvalue weighted by atomic mass is 10.1. The molecule has 1 N–H and O–H groups in total. The molecule has 0 fully saturated rings. The summed E-state index contributed by atoms with van der Waals surface area (Å²) in [6.07, 6.45) is 3.38. The molecule has 0 spiro atoms. The van der Waals surface area contributed by atoms with Gasteiger partial charge in [-0.1, -0.05) is 18.2 Å². The van der Waals surface area contributed by atoms with E-state index in [0.29, 0.717) is 5.56 Å². The molecule has 0 amide bonds. The molecule has 0 saturated heterocycles. The molecule has 4 heteroatoms. The standard InChI is InChI=1S/C20H24N2O2/c1-21(2)13-14-22(3)18-6-4-5-16(15-18)7-12-20(24)17-8-10-19(23)11-9-17/h4-12,15,23H,13-14H2,1-3H3/b12-7+. The van der Waals surface area contributed by atoms with Crippen LogP contribution in [0.2, 0.25) is 0 Å². The maximum absolute atomic E-state index is 12.1. The van der Waals surface area contributed by atoms with Crippen molar-refractivity contribution in [2.75, 3.05) is 39.1 Å². The van der Waals surface area contributed by atoms with Crippen LogP contribution in [0.1, 0.15) is 15.9 Å². The number of rotatable bonds is 7. The lowest BCUT2D eigenvalue weighted by molar-refractivity contribution is 0.104. The predicted octanol–water partition coefficient (Wildman–Crippen LogP) is 3.29. The minimum absolute atomic E-state index is 0.0821. The normalized spacial score (nSPS) is 11.2. The Morgan fingerprint density at radius 2 is 1.75 bits per heavy atom. The second-order valence-electron chi connectivity index (χ2n) is 6.06. The highest BCUT2D eigenvalue weighted by molar-refractivity contribution is 6.06. The summed E-state index contributed by atoms with van der Waals surface area (Å²) in [5.74, 6) is 0.0744. The molecule has 0 aromatic heterocycles. The van der Waals surface area contributed by atoms with Gasteiger partial charge in [-0.3, -0.25) is 4.79 Å². The Kier molecular flexibility index (Phi) is 6.15. The Morgan fingerprint density at radius 1 is 1.04 bits per heavy atom. The van der Waals surface area contributed by atoms with Crippen molar-refractivity contribution in [3.05, 3.63) is 65.7 Å². The smallest absolute Gasteiger partial charge is 0.185 e. The van der Waals surface area contributed by atoms with Crippen molar-refractivity contribution in [2.45, 2.75) is 0 Å². The number of benzene rings is 2. The zero-order chi connectivity index (χ0) is 17.5. The first-order chi connectivity index (χ1) is 11.5. The van der Waals surface area contributed by atoms with Crippen LogP contribution >= 0.6 is 0 Å². The minimum Gasteiger partial charge on any atom is -0.508 e. The highest BCUT2D eigenvalue weighted by atomic mass is 16.3. The average Bonchev–Trinajstić information content (AvgIpc) is 2.58. The average molecular weight is 324 g/mol. The Morgan fingerprint density at radius 3 is 2.42 bits per heavy atom. The van der Waals surface area contributed by atoms with Crippen LogP contribution in [0.5, 0.6) is 5.75 Å². The van der Waals surface area contributed by atoms with Gasteiger partial charge in [0, 0.05) is 31.4 Å². The van der Waals surface area contributed by atoms with Crippen LogP contribution in [0, 0.1) is 0 Å². The number of carbonyl (C=O) groups excluding carboxylic acids is 1. The molecular weight excluding hydrogens is 300 g/mol. The third-order valence-electron chi connectivity index (χ3n) is 3.77. The molecule has 0 heterocycles. The summed E-state index contributed by atoms with van der Waals surface area (Å²) in [5.41, 5.74) is 2.66. The number of nitrogens with zero attached hydrogens (tertiary/aromatic N) is 2. The van der Waals surface area contributed by atoms with Crippen LogP contribution in [0.4, 0.5) is 5.69 Å². The summed E-state index contributed by atoms with van der Waals surface area (Å²) in [6, 6.07) is 14.4. The lowest BCUT2D eigenvalue weighted by Crippen LogP contribution is -2.28. The Hall–Kier alpha value is -2.59. The van der Waals surface area contributed by atoms with E-state index in [0.717, 1.165) is 24.3 Å². The first-order valence-corrected chi connectivity index (χ1v) is 7.93. The Balaban J connectivity index is 2.05. The maximum atomic E-state index is 12.1. The van der Waals surface area contributed by atoms with Gasteiger partial charge < -0.3 is 14.9 Å². The fraction of sp³-hybridized carbons (Fsp3) is 0.250. The van der Waals surface area contributed by atoms with Crippen LogP contribution in [-0.4, -0.2) is 50.0 Å². The molecule has 0 aliphatic rings. The molecule has 2 aromatic carbocycles. The molecule has 24 heavy (non-hydrogen) atoms. The summed E-state index contributed by atoms with van der Waals surface area (Å²) in [7, 11) is 6.18. The van der Waals surface area contributed by atoms with Crippen molar-refractivity contribution in [1.29, 1.82) is 0 Å². The van der Waals surface area contributed by atoms with Gasteiger partial charge in [0.2, 0.25) is 0 Å². The highest BCUT2D eigenvalue weighted by Gasteiger charge is 2.03. The van der Waals surface area contributed by atoms with Gasteiger partial charge in [0.25, 0.3) is 0 Å². The van der Waals surface area contributed by atoms with Gasteiger partial charge in [-0.2, -0.15) is 0 Å². The van der Waals surface area contributed by atoms with E-state index < -0.39 is 0 Å². The molecule has 2 rings (SSSR count). The van der Waals surface area contributed by atoms with Crippen LogP contribution in [0.3, 0.4) is 0 Å². The van der Waals surface area contributed by atoms with E-state index in [2.05, 4.69) is 43.1 Å². The number of anilines is 1. The third kappa shape index (κ3) is 5.25. The molecule has 0 radical (unpaired) electrons. The molecule has 0 aliphatic heterocycles. The Bertz CT molecular complexity index is 706. The second kappa shape index (κ2) is 8.31. The number of hydrogen-bond acceptors (Lipinski definition) is 4. The van der Waals surface area contributed by atoms with Gasteiger partial charge in [0.1, 0.15) is 5.75 Å². The molecule has 2 aromatic rings.